The fraction of sp³-hybridized carbons (Fsp3) is 0.200. The number of epoxide rings is 1. The Kier molecular flexibility index (Phi) is 2.26. The van der Waals surface area contributed by atoms with E-state index in [0.29, 0.717) is 6.10 Å². The molecule has 2 aromatic rings. The van der Waals surface area contributed by atoms with E-state index in [2.05, 4.69) is 55.5 Å². The molecule has 16 heavy (non-hydrogen) atoms. The summed E-state index contributed by atoms with van der Waals surface area (Å²) in [5.41, 5.74) is 5.20. The molecule has 0 bridgehead atoms. The fourth-order valence-corrected chi connectivity index (χ4v) is 2.04. The zero-order valence-corrected chi connectivity index (χ0v) is 9.31. The van der Waals surface area contributed by atoms with Gasteiger partial charge in [0.05, 0.1) is 6.61 Å². The maximum atomic E-state index is 5.32. The van der Waals surface area contributed by atoms with Gasteiger partial charge in [0.1, 0.15) is 6.10 Å². The Morgan fingerprint density at radius 3 is 2.62 bits per heavy atom. The Bertz CT molecular complexity index is 512. The third kappa shape index (κ3) is 1.74. The fourth-order valence-electron chi connectivity index (χ4n) is 2.04. The molecule has 0 unspecified atom stereocenters. The maximum absolute atomic E-state index is 5.32. The second-order valence-corrected chi connectivity index (χ2v) is 4.26. The molecule has 0 aliphatic carbocycles. The molecule has 1 saturated heterocycles. The highest BCUT2D eigenvalue weighted by Crippen LogP contribution is 2.33. The second-order valence-electron chi connectivity index (χ2n) is 4.26. The molecule has 0 saturated carbocycles. The third-order valence-electron chi connectivity index (χ3n) is 3.05. The van der Waals surface area contributed by atoms with Gasteiger partial charge in [0, 0.05) is 0 Å². The van der Waals surface area contributed by atoms with Gasteiger partial charge in [-0.25, -0.2) is 0 Å². The molecule has 0 amide bonds. The number of benzene rings is 2. The minimum atomic E-state index is 0.337. The van der Waals surface area contributed by atoms with E-state index in [1.807, 2.05) is 0 Å². The number of aryl methyl sites for hydroxylation is 1. The van der Waals surface area contributed by atoms with E-state index >= 15 is 0 Å². The first-order valence-corrected chi connectivity index (χ1v) is 5.62. The summed E-state index contributed by atoms with van der Waals surface area (Å²) in [5, 5.41) is 0. The molecular formula is C15H14O. The van der Waals surface area contributed by atoms with Gasteiger partial charge in [-0.2, -0.15) is 0 Å². The number of rotatable bonds is 2. The molecule has 1 nitrogen and oxygen atoms in total. The summed E-state index contributed by atoms with van der Waals surface area (Å²) in [5.74, 6) is 0. The number of ether oxygens (including phenoxy) is 1. The van der Waals surface area contributed by atoms with Crippen molar-refractivity contribution in [2.24, 2.45) is 0 Å². The summed E-state index contributed by atoms with van der Waals surface area (Å²) in [6, 6.07) is 17.1. The quantitative estimate of drug-likeness (QED) is 0.688. The number of hydrogen-bond acceptors (Lipinski definition) is 1. The van der Waals surface area contributed by atoms with Crippen LogP contribution in [0.4, 0.5) is 0 Å². The highest BCUT2D eigenvalue weighted by Gasteiger charge is 2.24. The van der Waals surface area contributed by atoms with Gasteiger partial charge in [0.2, 0.25) is 0 Å². The van der Waals surface area contributed by atoms with Crippen LogP contribution in [0, 0.1) is 6.92 Å². The molecule has 1 heterocycles. The molecule has 1 aliphatic heterocycles. The summed E-state index contributed by atoms with van der Waals surface area (Å²) in [6.07, 6.45) is 0.337. The lowest BCUT2D eigenvalue weighted by atomic mass is 9.98. The van der Waals surface area contributed by atoms with Crippen LogP contribution in [0.15, 0.2) is 48.5 Å². The summed E-state index contributed by atoms with van der Waals surface area (Å²) >= 11 is 0. The van der Waals surface area contributed by atoms with Gasteiger partial charge in [0.25, 0.3) is 0 Å². The lowest BCUT2D eigenvalue weighted by Gasteiger charge is -2.06. The van der Waals surface area contributed by atoms with Crippen molar-refractivity contribution in [3.8, 4) is 11.1 Å². The first-order chi connectivity index (χ1) is 7.84. The minimum Gasteiger partial charge on any atom is -0.368 e. The molecule has 0 spiro atoms. The highest BCUT2D eigenvalue weighted by molar-refractivity contribution is 5.67. The molecule has 0 radical (unpaired) electrons. The summed E-state index contributed by atoms with van der Waals surface area (Å²) < 4.78 is 5.32. The Morgan fingerprint density at radius 1 is 1.06 bits per heavy atom. The Hall–Kier alpha value is -1.60. The van der Waals surface area contributed by atoms with Crippen LogP contribution in [0.3, 0.4) is 0 Å². The van der Waals surface area contributed by atoms with Gasteiger partial charge in [-0.15, -0.1) is 0 Å². The summed E-state index contributed by atoms with van der Waals surface area (Å²) in [4.78, 5) is 0. The molecule has 0 N–H and O–H groups in total. The van der Waals surface area contributed by atoms with E-state index in [0.717, 1.165) is 6.61 Å². The van der Waals surface area contributed by atoms with Gasteiger partial charge >= 0.3 is 0 Å². The van der Waals surface area contributed by atoms with Gasteiger partial charge in [0.15, 0.2) is 0 Å². The van der Waals surface area contributed by atoms with Crippen molar-refractivity contribution in [3.05, 3.63) is 59.7 Å². The molecule has 1 heteroatoms. The maximum Gasteiger partial charge on any atom is 0.106 e. The average molecular weight is 210 g/mol. The monoisotopic (exact) mass is 210 g/mol. The first-order valence-electron chi connectivity index (χ1n) is 5.62. The minimum absolute atomic E-state index is 0.337. The molecule has 1 aliphatic rings. The van der Waals surface area contributed by atoms with Gasteiger partial charge in [-0.1, -0.05) is 42.5 Å². The standard InChI is InChI=1S/C15H14O/c1-11-5-2-3-8-14(11)12-6-4-7-13(9-12)15-10-16-15/h2-9,15H,10H2,1H3/t15-/m1/s1. The van der Waals surface area contributed by atoms with E-state index in [-0.39, 0.29) is 0 Å². The van der Waals surface area contributed by atoms with Crippen molar-refractivity contribution in [1.82, 2.24) is 0 Å². The van der Waals surface area contributed by atoms with Crippen LogP contribution in [0.1, 0.15) is 17.2 Å². The van der Waals surface area contributed by atoms with Crippen molar-refractivity contribution >= 4 is 0 Å². The summed E-state index contributed by atoms with van der Waals surface area (Å²) in [7, 11) is 0. The van der Waals surface area contributed by atoms with Crippen LogP contribution in [0.5, 0.6) is 0 Å². The Balaban J connectivity index is 2.05. The zero-order valence-electron chi connectivity index (χ0n) is 9.31. The van der Waals surface area contributed by atoms with Crippen LogP contribution in [0.2, 0.25) is 0 Å². The molecule has 1 atom stereocenters. The Morgan fingerprint density at radius 2 is 1.88 bits per heavy atom. The van der Waals surface area contributed by atoms with E-state index < -0.39 is 0 Å². The van der Waals surface area contributed by atoms with Crippen LogP contribution >= 0.6 is 0 Å². The molecule has 3 rings (SSSR count). The molecular weight excluding hydrogens is 196 g/mol. The van der Waals surface area contributed by atoms with Crippen LogP contribution in [0.25, 0.3) is 11.1 Å². The smallest absolute Gasteiger partial charge is 0.106 e. The molecule has 80 valence electrons. The van der Waals surface area contributed by atoms with Crippen molar-refractivity contribution in [1.29, 1.82) is 0 Å². The highest BCUT2D eigenvalue weighted by atomic mass is 16.6. The van der Waals surface area contributed by atoms with E-state index in [1.165, 1.54) is 22.3 Å². The third-order valence-corrected chi connectivity index (χ3v) is 3.05. The summed E-state index contributed by atoms with van der Waals surface area (Å²) in [6.45, 7) is 3.02. The van der Waals surface area contributed by atoms with E-state index in [9.17, 15) is 0 Å². The SMILES string of the molecule is Cc1ccccc1-c1cccc([C@H]2CO2)c1. The second kappa shape index (κ2) is 3.76. The van der Waals surface area contributed by atoms with Gasteiger partial charge in [-0.3, -0.25) is 0 Å². The van der Waals surface area contributed by atoms with Crippen molar-refractivity contribution in [3.63, 3.8) is 0 Å². The predicted octanol–water partition coefficient (Wildman–Crippen LogP) is 3.73. The average Bonchev–Trinajstić information content (AvgIpc) is 3.14. The van der Waals surface area contributed by atoms with Crippen molar-refractivity contribution in [2.75, 3.05) is 6.61 Å². The van der Waals surface area contributed by atoms with Crippen LogP contribution < -0.4 is 0 Å². The zero-order chi connectivity index (χ0) is 11.0. The first kappa shape index (κ1) is 9.61. The van der Waals surface area contributed by atoms with Crippen LogP contribution in [-0.4, -0.2) is 6.61 Å². The van der Waals surface area contributed by atoms with E-state index in [1.54, 1.807) is 0 Å². The Labute approximate surface area is 95.7 Å². The topological polar surface area (TPSA) is 12.5 Å². The van der Waals surface area contributed by atoms with Crippen molar-refractivity contribution in [2.45, 2.75) is 13.0 Å². The van der Waals surface area contributed by atoms with Crippen LogP contribution in [-0.2, 0) is 4.74 Å². The van der Waals surface area contributed by atoms with E-state index in [4.69, 9.17) is 4.74 Å². The van der Waals surface area contributed by atoms with Crippen molar-refractivity contribution < 1.29 is 4.74 Å². The molecule has 0 aromatic heterocycles. The lowest BCUT2D eigenvalue weighted by molar-refractivity contribution is 0.415. The van der Waals surface area contributed by atoms with Gasteiger partial charge < -0.3 is 4.74 Å². The number of hydrogen-bond donors (Lipinski definition) is 0. The predicted molar refractivity (Wildman–Crippen MR) is 65.3 cm³/mol. The normalized spacial score (nSPS) is 18.4. The lowest BCUT2D eigenvalue weighted by Crippen LogP contribution is -1.85. The molecule has 2 aromatic carbocycles. The largest absolute Gasteiger partial charge is 0.368 e. The van der Waals surface area contributed by atoms with Gasteiger partial charge in [-0.05, 0) is 35.2 Å². The molecule has 1 fully saturated rings.